The lowest BCUT2D eigenvalue weighted by atomic mass is 10.1. The van der Waals surface area contributed by atoms with Crippen LogP contribution < -0.4 is 14.8 Å². The Bertz CT molecular complexity index is 1480. The largest absolute Gasteiger partial charge is 0.493 e. The highest BCUT2D eigenvalue weighted by molar-refractivity contribution is 5.89. The van der Waals surface area contributed by atoms with Crippen LogP contribution >= 0.6 is 0 Å². The standard InChI is InChI=1S/C28H25N5O3/c1-18-3-4-19(15-30-18)17-36-26-8-5-21(13-27(26)34-2)32-23-6-7-24-28(22(23)14-29)33-25(16-31-24)20-9-11-35-12-10-20/h3-9,13,15-16,32H,10-12,17H2,1-2H3. The van der Waals surface area contributed by atoms with Crippen LogP contribution in [-0.2, 0) is 11.3 Å². The van der Waals surface area contributed by atoms with Crippen LogP contribution in [0.4, 0.5) is 11.4 Å². The molecule has 2 aromatic heterocycles. The van der Waals surface area contributed by atoms with Gasteiger partial charge in [0.15, 0.2) is 11.5 Å². The maximum atomic E-state index is 9.99. The molecule has 5 rings (SSSR count). The van der Waals surface area contributed by atoms with Gasteiger partial charge in [-0.1, -0.05) is 12.1 Å². The summed E-state index contributed by atoms with van der Waals surface area (Å²) >= 11 is 0. The lowest BCUT2D eigenvalue weighted by molar-refractivity contribution is 0.161. The summed E-state index contributed by atoms with van der Waals surface area (Å²) < 4.78 is 16.9. The van der Waals surface area contributed by atoms with Crippen LogP contribution in [0.25, 0.3) is 16.6 Å². The van der Waals surface area contributed by atoms with Crippen LogP contribution in [-0.4, -0.2) is 35.3 Å². The Labute approximate surface area is 209 Å². The van der Waals surface area contributed by atoms with Crippen LogP contribution in [0.5, 0.6) is 11.5 Å². The van der Waals surface area contributed by atoms with Crippen molar-refractivity contribution in [2.75, 3.05) is 25.6 Å². The average molecular weight is 480 g/mol. The summed E-state index contributed by atoms with van der Waals surface area (Å²) in [6.45, 7) is 3.54. The Morgan fingerprint density at radius 1 is 1.08 bits per heavy atom. The molecule has 0 saturated carbocycles. The summed E-state index contributed by atoms with van der Waals surface area (Å²) in [5, 5.41) is 13.3. The molecule has 0 atom stereocenters. The summed E-state index contributed by atoms with van der Waals surface area (Å²) in [6, 6.07) is 15.5. The number of hydrogen-bond donors (Lipinski definition) is 1. The summed E-state index contributed by atoms with van der Waals surface area (Å²) in [4.78, 5) is 13.6. The first kappa shape index (κ1) is 23.3. The minimum absolute atomic E-state index is 0.378. The molecule has 1 N–H and O–H groups in total. The van der Waals surface area contributed by atoms with Gasteiger partial charge in [0.2, 0.25) is 0 Å². The molecule has 0 spiro atoms. The lowest BCUT2D eigenvalue weighted by Crippen LogP contribution is -2.06. The molecule has 0 radical (unpaired) electrons. The molecular weight excluding hydrogens is 454 g/mol. The predicted octanol–water partition coefficient (Wildman–Crippen LogP) is 5.34. The average Bonchev–Trinajstić information content (AvgIpc) is 2.93. The van der Waals surface area contributed by atoms with Crippen molar-refractivity contribution < 1.29 is 14.2 Å². The molecule has 8 heteroatoms. The summed E-state index contributed by atoms with van der Waals surface area (Å²) in [6.07, 6.45) is 6.34. The summed E-state index contributed by atoms with van der Waals surface area (Å²) in [5.74, 6) is 1.19. The Hall–Kier alpha value is -4.48. The fraction of sp³-hybridized carbons (Fsp3) is 0.214. The van der Waals surface area contributed by atoms with E-state index < -0.39 is 0 Å². The molecule has 2 aromatic carbocycles. The molecule has 4 aromatic rings. The summed E-state index contributed by atoms with van der Waals surface area (Å²) in [7, 11) is 1.60. The quantitative estimate of drug-likeness (QED) is 0.379. The molecule has 0 fully saturated rings. The number of aromatic nitrogens is 3. The molecule has 0 saturated heterocycles. The highest BCUT2D eigenvalue weighted by Crippen LogP contribution is 2.34. The van der Waals surface area contributed by atoms with Crippen LogP contribution in [0.1, 0.15) is 28.9 Å². The van der Waals surface area contributed by atoms with Crippen LogP contribution in [0.2, 0.25) is 0 Å². The lowest BCUT2D eigenvalue weighted by Gasteiger charge is -2.15. The first-order valence-electron chi connectivity index (χ1n) is 11.6. The molecule has 1 aliphatic heterocycles. The normalized spacial score (nSPS) is 13.1. The number of benzene rings is 2. The van der Waals surface area contributed by atoms with Gasteiger partial charge in [0, 0.05) is 29.2 Å². The number of hydrogen-bond acceptors (Lipinski definition) is 8. The van der Waals surface area contributed by atoms with Gasteiger partial charge in [-0.2, -0.15) is 5.26 Å². The zero-order chi connectivity index (χ0) is 24.9. The van der Waals surface area contributed by atoms with Crippen molar-refractivity contribution in [2.24, 2.45) is 0 Å². The highest BCUT2D eigenvalue weighted by Gasteiger charge is 2.15. The molecule has 3 heterocycles. The van der Waals surface area contributed by atoms with Gasteiger partial charge in [-0.15, -0.1) is 0 Å². The first-order chi connectivity index (χ1) is 17.6. The van der Waals surface area contributed by atoms with Crippen LogP contribution in [0, 0.1) is 18.3 Å². The van der Waals surface area contributed by atoms with E-state index in [1.165, 1.54) is 0 Å². The molecule has 180 valence electrons. The van der Waals surface area contributed by atoms with Gasteiger partial charge in [-0.05, 0) is 49.2 Å². The Morgan fingerprint density at radius 2 is 2.00 bits per heavy atom. The van der Waals surface area contributed by atoms with Crippen molar-refractivity contribution in [1.82, 2.24) is 15.0 Å². The zero-order valence-electron chi connectivity index (χ0n) is 20.1. The summed E-state index contributed by atoms with van der Waals surface area (Å²) in [5.41, 5.74) is 6.83. The van der Waals surface area contributed by atoms with E-state index in [0.29, 0.717) is 53.6 Å². The number of rotatable bonds is 7. The minimum Gasteiger partial charge on any atom is -0.493 e. The number of nitrogens with one attached hydrogen (secondary N) is 1. The Kier molecular flexibility index (Phi) is 6.74. The fourth-order valence-corrected chi connectivity index (χ4v) is 3.97. The van der Waals surface area contributed by atoms with Crippen molar-refractivity contribution in [3.63, 3.8) is 0 Å². The Balaban J connectivity index is 1.40. The number of pyridine rings is 1. The van der Waals surface area contributed by atoms with Crippen LogP contribution in [0.15, 0.2) is 60.9 Å². The monoisotopic (exact) mass is 479 g/mol. The fourth-order valence-electron chi connectivity index (χ4n) is 3.97. The maximum absolute atomic E-state index is 9.99. The third kappa shape index (κ3) is 4.97. The molecule has 1 aliphatic rings. The van der Waals surface area contributed by atoms with Gasteiger partial charge in [0.1, 0.15) is 23.8 Å². The third-order valence-corrected chi connectivity index (χ3v) is 5.93. The SMILES string of the molecule is COc1cc(Nc2ccc3ncc(C4=CCOCC4)nc3c2C#N)ccc1OCc1ccc(C)nc1. The van der Waals surface area contributed by atoms with Crippen LogP contribution in [0.3, 0.4) is 0 Å². The van der Waals surface area contributed by atoms with Crippen molar-refractivity contribution in [3.8, 4) is 17.6 Å². The maximum Gasteiger partial charge on any atom is 0.162 e. The van der Waals surface area contributed by atoms with Crippen molar-refractivity contribution >= 4 is 28.0 Å². The van der Waals surface area contributed by atoms with E-state index in [-0.39, 0.29) is 0 Å². The number of aryl methyl sites for hydroxylation is 1. The number of ether oxygens (including phenoxy) is 3. The Morgan fingerprint density at radius 3 is 2.75 bits per heavy atom. The number of anilines is 2. The van der Waals surface area contributed by atoms with Crippen molar-refractivity contribution in [1.29, 1.82) is 5.26 Å². The van der Waals surface area contributed by atoms with E-state index >= 15 is 0 Å². The molecule has 0 bridgehead atoms. The van der Waals surface area contributed by atoms with Gasteiger partial charge >= 0.3 is 0 Å². The van der Waals surface area contributed by atoms with E-state index in [1.807, 2.05) is 55.5 Å². The molecule has 36 heavy (non-hydrogen) atoms. The number of fused-ring (bicyclic) bond motifs is 1. The molecule has 0 aliphatic carbocycles. The van der Waals surface area contributed by atoms with Gasteiger partial charge in [-0.25, -0.2) is 4.98 Å². The smallest absolute Gasteiger partial charge is 0.162 e. The number of nitriles is 1. The van der Waals surface area contributed by atoms with E-state index in [4.69, 9.17) is 19.2 Å². The second-order valence-electron chi connectivity index (χ2n) is 8.36. The molecule has 0 unspecified atom stereocenters. The van der Waals surface area contributed by atoms with E-state index in [0.717, 1.165) is 34.6 Å². The zero-order valence-corrected chi connectivity index (χ0v) is 20.1. The van der Waals surface area contributed by atoms with Gasteiger partial charge < -0.3 is 19.5 Å². The number of methoxy groups -OCH3 is 1. The van der Waals surface area contributed by atoms with E-state index in [1.54, 1.807) is 19.5 Å². The van der Waals surface area contributed by atoms with Crippen molar-refractivity contribution in [2.45, 2.75) is 20.0 Å². The van der Waals surface area contributed by atoms with Gasteiger partial charge in [-0.3, -0.25) is 9.97 Å². The third-order valence-electron chi connectivity index (χ3n) is 5.93. The van der Waals surface area contributed by atoms with E-state index in [2.05, 4.69) is 21.4 Å². The number of nitrogens with zero attached hydrogens (tertiary/aromatic N) is 4. The second kappa shape index (κ2) is 10.4. The second-order valence-corrected chi connectivity index (χ2v) is 8.36. The van der Waals surface area contributed by atoms with Gasteiger partial charge in [0.05, 0.1) is 43.4 Å². The minimum atomic E-state index is 0.378. The topological polar surface area (TPSA) is 102 Å². The highest BCUT2D eigenvalue weighted by atomic mass is 16.5. The molecular formula is C28H25N5O3. The molecule has 8 nitrogen and oxygen atoms in total. The van der Waals surface area contributed by atoms with Crippen molar-refractivity contribution in [3.05, 3.63) is 83.4 Å². The predicted molar refractivity (Wildman–Crippen MR) is 137 cm³/mol. The van der Waals surface area contributed by atoms with E-state index in [9.17, 15) is 5.26 Å². The van der Waals surface area contributed by atoms with Gasteiger partial charge in [0.25, 0.3) is 0 Å². The first-order valence-corrected chi connectivity index (χ1v) is 11.6. The molecule has 0 amide bonds.